The maximum Gasteiger partial charge on any atom is 0.255 e. The Kier molecular flexibility index (Phi) is 2.53. The first-order chi connectivity index (χ1) is 8.25. The molecule has 1 atom stereocenters. The molecule has 17 heavy (non-hydrogen) atoms. The van der Waals surface area contributed by atoms with Crippen LogP contribution in [0.15, 0.2) is 6.07 Å². The molecule has 0 radical (unpaired) electrons. The molecule has 1 unspecified atom stereocenters. The SMILES string of the molecule is Cc1cc(C)n2c(C3CNCCO3)nnc2n1. The number of ether oxygens (including phenoxy) is 1. The summed E-state index contributed by atoms with van der Waals surface area (Å²) in [7, 11) is 0. The van der Waals surface area contributed by atoms with Crippen molar-refractivity contribution in [3.05, 3.63) is 23.3 Å². The summed E-state index contributed by atoms with van der Waals surface area (Å²) in [5.74, 6) is 1.48. The number of morpholine rings is 1. The number of nitrogens with zero attached hydrogens (tertiary/aromatic N) is 4. The highest BCUT2D eigenvalue weighted by molar-refractivity contribution is 5.33. The number of hydrogen-bond donors (Lipinski definition) is 1. The van der Waals surface area contributed by atoms with E-state index in [4.69, 9.17) is 4.74 Å². The van der Waals surface area contributed by atoms with Crippen molar-refractivity contribution >= 4 is 5.78 Å². The highest BCUT2D eigenvalue weighted by atomic mass is 16.5. The Bertz CT molecular complexity index is 544. The zero-order valence-corrected chi connectivity index (χ0v) is 9.97. The minimum atomic E-state index is -0.0399. The molecule has 0 aliphatic carbocycles. The van der Waals surface area contributed by atoms with Crippen LogP contribution in [0.4, 0.5) is 0 Å². The summed E-state index contributed by atoms with van der Waals surface area (Å²) in [6.45, 7) is 6.36. The molecule has 0 saturated carbocycles. The minimum absolute atomic E-state index is 0.0399. The van der Waals surface area contributed by atoms with Crippen molar-refractivity contribution in [3.8, 4) is 0 Å². The molecule has 1 saturated heterocycles. The number of aryl methyl sites for hydroxylation is 2. The van der Waals surface area contributed by atoms with E-state index in [-0.39, 0.29) is 6.10 Å². The molecule has 2 aromatic rings. The van der Waals surface area contributed by atoms with Gasteiger partial charge in [0.05, 0.1) is 6.61 Å². The summed E-state index contributed by atoms with van der Waals surface area (Å²) in [4.78, 5) is 4.37. The summed E-state index contributed by atoms with van der Waals surface area (Å²) in [6, 6.07) is 2.02. The molecule has 1 aliphatic heterocycles. The molecule has 0 amide bonds. The van der Waals surface area contributed by atoms with E-state index in [0.29, 0.717) is 12.4 Å². The van der Waals surface area contributed by atoms with E-state index in [2.05, 4.69) is 20.5 Å². The average molecular weight is 233 g/mol. The molecule has 0 spiro atoms. The van der Waals surface area contributed by atoms with Crippen LogP contribution in [0, 0.1) is 13.8 Å². The number of nitrogens with one attached hydrogen (secondary N) is 1. The number of rotatable bonds is 1. The third kappa shape index (κ3) is 1.79. The monoisotopic (exact) mass is 233 g/mol. The number of hydrogen-bond acceptors (Lipinski definition) is 5. The fraction of sp³-hybridized carbons (Fsp3) is 0.545. The lowest BCUT2D eigenvalue weighted by Gasteiger charge is -2.22. The minimum Gasteiger partial charge on any atom is -0.368 e. The molecule has 6 heteroatoms. The van der Waals surface area contributed by atoms with E-state index in [1.54, 1.807) is 0 Å². The number of aromatic nitrogens is 4. The van der Waals surface area contributed by atoms with E-state index >= 15 is 0 Å². The normalized spacial score (nSPS) is 20.9. The summed E-state index contributed by atoms with van der Waals surface area (Å²) in [5.41, 5.74) is 2.04. The lowest BCUT2D eigenvalue weighted by Crippen LogP contribution is -2.34. The standard InChI is InChI=1S/C11H15N5O/c1-7-5-8(2)16-10(14-15-11(16)13-7)9-6-12-3-4-17-9/h5,9,12H,3-4,6H2,1-2H3. The van der Waals surface area contributed by atoms with Crippen molar-refractivity contribution in [2.45, 2.75) is 20.0 Å². The predicted octanol–water partition coefficient (Wildman–Crippen LogP) is 0.402. The Morgan fingerprint density at radius 2 is 2.29 bits per heavy atom. The van der Waals surface area contributed by atoms with Gasteiger partial charge < -0.3 is 10.1 Å². The summed E-state index contributed by atoms with van der Waals surface area (Å²) in [6.07, 6.45) is -0.0399. The van der Waals surface area contributed by atoms with Crippen LogP contribution in [-0.2, 0) is 4.74 Å². The quantitative estimate of drug-likeness (QED) is 0.772. The van der Waals surface area contributed by atoms with Gasteiger partial charge in [0.1, 0.15) is 6.10 Å². The summed E-state index contributed by atoms with van der Waals surface area (Å²) in [5, 5.41) is 11.6. The molecule has 1 N–H and O–H groups in total. The van der Waals surface area contributed by atoms with Gasteiger partial charge in [-0.3, -0.25) is 4.40 Å². The van der Waals surface area contributed by atoms with Crippen molar-refractivity contribution in [3.63, 3.8) is 0 Å². The molecule has 6 nitrogen and oxygen atoms in total. The smallest absolute Gasteiger partial charge is 0.255 e. The molecule has 1 fully saturated rings. The Labute approximate surface area is 99.0 Å². The Morgan fingerprint density at radius 3 is 3.06 bits per heavy atom. The lowest BCUT2D eigenvalue weighted by molar-refractivity contribution is 0.0214. The van der Waals surface area contributed by atoms with E-state index in [1.807, 2.05) is 24.3 Å². The van der Waals surface area contributed by atoms with Crippen LogP contribution in [-0.4, -0.2) is 39.3 Å². The second-order valence-electron chi connectivity index (χ2n) is 4.30. The molecular formula is C11H15N5O. The van der Waals surface area contributed by atoms with Gasteiger partial charge in [-0.05, 0) is 19.9 Å². The van der Waals surface area contributed by atoms with Crippen molar-refractivity contribution < 1.29 is 4.74 Å². The van der Waals surface area contributed by atoms with E-state index in [9.17, 15) is 0 Å². The van der Waals surface area contributed by atoms with Crippen molar-refractivity contribution in [1.29, 1.82) is 0 Å². The lowest BCUT2D eigenvalue weighted by atomic mass is 10.3. The zero-order chi connectivity index (χ0) is 11.8. The van der Waals surface area contributed by atoms with Crippen LogP contribution in [0.3, 0.4) is 0 Å². The summed E-state index contributed by atoms with van der Waals surface area (Å²) < 4.78 is 7.67. The average Bonchev–Trinajstić information content (AvgIpc) is 2.74. The van der Waals surface area contributed by atoms with Crippen LogP contribution in [0.2, 0.25) is 0 Å². The molecule has 1 aliphatic rings. The van der Waals surface area contributed by atoms with Gasteiger partial charge in [0.25, 0.3) is 5.78 Å². The first-order valence-corrected chi connectivity index (χ1v) is 5.77. The van der Waals surface area contributed by atoms with Gasteiger partial charge in [0.15, 0.2) is 5.82 Å². The Balaban J connectivity index is 2.10. The van der Waals surface area contributed by atoms with Crippen molar-refractivity contribution in [2.75, 3.05) is 19.7 Å². The molecule has 90 valence electrons. The first kappa shape index (κ1) is 10.6. The molecule has 2 aromatic heterocycles. The maximum atomic E-state index is 5.70. The third-order valence-electron chi connectivity index (χ3n) is 2.93. The van der Waals surface area contributed by atoms with Gasteiger partial charge in [0.2, 0.25) is 0 Å². The largest absolute Gasteiger partial charge is 0.368 e. The fourth-order valence-corrected chi connectivity index (χ4v) is 2.20. The Morgan fingerprint density at radius 1 is 1.41 bits per heavy atom. The highest BCUT2D eigenvalue weighted by Gasteiger charge is 2.22. The second-order valence-corrected chi connectivity index (χ2v) is 4.30. The highest BCUT2D eigenvalue weighted by Crippen LogP contribution is 2.18. The Hall–Kier alpha value is -1.53. The van der Waals surface area contributed by atoms with Gasteiger partial charge in [-0.1, -0.05) is 0 Å². The van der Waals surface area contributed by atoms with Crippen molar-refractivity contribution in [2.24, 2.45) is 0 Å². The van der Waals surface area contributed by atoms with E-state index < -0.39 is 0 Å². The van der Waals surface area contributed by atoms with E-state index in [1.165, 1.54) is 0 Å². The maximum absolute atomic E-state index is 5.70. The van der Waals surface area contributed by atoms with Crippen LogP contribution in [0.25, 0.3) is 5.78 Å². The van der Waals surface area contributed by atoms with Crippen LogP contribution in [0.5, 0.6) is 0 Å². The molecule has 0 aromatic carbocycles. The summed E-state index contributed by atoms with van der Waals surface area (Å²) >= 11 is 0. The third-order valence-corrected chi connectivity index (χ3v) is 2.93. The van der Waals surface area contributed by atoms with Crippen LogP contribution >= 0.6 is 0 Å². The fourth-order valence-electron chi connectivity index (χ4n) is 2.20. The van der Waals surface area contributed by atoms with Gasteiger partial charge >= 0.3 is 0 Å². The first-order valence-electron chi connectivity index (χ1n) is 5.77. The predicted molar refractivity (Wildman–Crippen MR) is 61.8 cm³/mol. The molecule has 3 heterocycles. The molecule has 0 bridgehead atoms. The van der Waals surface area contributed by atoms with Gasteiger partial charge in [-0.25, -0.2) is 4.98 Å². The van der Waals surface area contributed by atoms with Gasteiger partial charge in [-0.2, -0.15) is 0 Å². The van der Waals surface area contributed by atoms with Gasteiger partial charge in [0, 0.05) is 24.5 Å². The topological polar surface area (TPSA) is 64.3 Å². The van der Waals surface area contributed by atoms with E-state index in [0.717, 1.165) is 30.3 Å². The zero-order valence-electron chi connectivity index (χ0n) is 9.97. The van der Waals surface area contributed by atoms with Crippen LogP contribution in [0.1, 0.15) is 23.3 Å². The van der Waals surface area contributed by atoms with Gasteiger partial charge in [-0.15, -0.1) is 10.2 Å². The molecular weight excluding hydrogens is 218 g/mol. The van der Waals surface area contributed by atoms with Crippen LogP contribution < -0.4 is 5.32 Å². The number of fused-ring (bicyclic) bond motifs is 1. The molecule has 3 rings (SSSR count). The van der Waals surface area contributed by atoms with Crippen molar-refractivity contribution in [1.82, 2.24) is 24.9 Å². The second kappa shape index (κ2) is 4.05.